The highest BCUT2D eigenvalue weighted by atomic mass is 32.2. The summed E-state index contributed by atoms with van der Waals surface area (Å²) in [5, 5.41) is 0. The van der Waals surface area contributed by atoms with E-state index in [2.05, 4.69) is 56.0 Å². The summed E-state index contributed by atoms with van der Waals surface area (Å²) in [5.41, 5.74) is 10.4. The lowest BCUT2D eigenvalue weighted by Gasteiger charge is -2.30. The molecule has 0 spiro atoms. The fourth-order valence-corrected chi connectivity index (χ4v) is 7.58. The molecule has 7 nitrogen and oxygen atoms in total. The van der Waals surface area contributed by atoms with Gasteiger partial charge in [0.1, 0.15) is 16.9 Å². The maximum absolute atomic E-state index is 13.8. The maximum atomic E-state index is 13.8. The Morgan fingerprint density at radius 2 is 1.77 bits per heavy atom. The largest absolute Gasteiger partial charge is 0.492 e. The molecule has 224 valence electrons. The van der Waals surface area contributed by atoms with Crippen molar-refractivity contribution in [1.82, 2.24) is 9.29 Å². The van der Waals surface area contributed by atoms with Crippen molar-refractivity contribution in [2.45, 2.75) is 116 Å². The number of rotatable bonds is 9. The number of benzene rings is 1. The van der Waals surface area contributed by atoms with Gasteiger partial charge >= 0.3 is 0 Å². The quantitative estimate of drug-likeness (QED) is 0.346. The van der Waals surface area contributed by atoms with E-state index in [1.165, 1.54) is 44.8 Å². The van der Waals surface area contributed by atoms with Gasteiger partial charge in [-0.25, -0.2) is 13.1 Å². The SMILES string of the molecule is COC(N)C(C)(C)CNS(=O)(=O)c1cc(-c2cc(C(C)(C)C)c3c(c2)C(C)(C)CO3)n(CC2CCCCC2)c1C. The summed E-state index contributed by atoms with van der Waals surface area (Å²) in [6, 6.07) is 6.33. The van der Waals surface area contributed by atoms with E-state index in [1.807, 2.05) is 26.8 Å². The summed E-state index contributed by atoms with van der Waals surface area (Å²) in [7, 11) is -2.26. The first kappa shape index (κ1) is 31.1. The van der Waals surface area contributed by atoms with Gasteiger partial charge in [-0.2, -0.15) is 0 Å². The van der Waals surface area contributed by atoms with Crippen molar-refractivity contribution in [3.05, 3.63) is 35.0 Å². The van der Waals surface area contributed by atoms with Crippen molar-refractivity contribution in [1.29, 1.82) is 0 Å². The van der Waals surface area contributed by atoms with Crippen molar-refractivity contribution in [3.63, 3.8) is 0 Å². The molecule has 1 fully saturated rings. The molecule has 1 aromatic carbocycles. The van der Waals surface area contributed by atoms with Crippen LogP contribution in [0.15, 0.2) is 23.1 Å². The van der Waals surface area contributed by atoms with Crippen LogP contribution in [0.25, 0.3) is 11.3 Å². The molecule has 1 atom stereocenters. The lowest BCUT2D eigenvalue weighted by molar-refractivity contribution is 0.0148. The maximum Gasteiger partial charge on any atom is 0.242 e. The molecule has 0 radical (unpaired) electrons. The monoisotopic (exact) mass is 573 g/mol. The predicted molar refractivity (Wildman–Crippen MR) is 162 cm³/mol. The lowest BCUT2D eigenvalue weighted by Crippen LogP contribution is -2.46. The fourth-order valence-electron chi connectivity index (χ4n) is 6.10. The van der Waals surface area contributed by atoms with Crippen LogP contribution in [0.1, 0.15) is 97.4 Å². The number of aromatic nitrogens is 1. The normalized spacial score (nSPS) is 18.9. The van der Waals surface area contributed by atoms with E-state index in [4.69, 9.17) is 15.2 Å². The second-order valence-electron chi connectivity index (χ2n) is 14.4. The van der Waals surface area contributed by atoms with Gasteiger partial charge in [-0.05, 0) is 54.9 Å². The number of nitrogens with zero attached hydrogens (tertiary/aromatic N) is 1. The number of sulfonamides is 1. The molecule has 2 aliphatic rings. The van der Waals surface area contributed by atoms with Crippen molar-refractivity contribution < 1.29 is 17.9 Å². The molecule has 0 bridgehead atoms. The Bertz CT molecular complexity index is 1330. The van der Waals surface area contributed by atoms with Crippen LogP contribution in [-0.4, -0.2) is 39.5 Å². The summed E-state index contributed by atoms with van der Waals surface area (Å²) >= 11 is 0. The van der Waals surface area contributed by atoms with Crippen molar-refractivity contribution in [2.75, 3.05) is 20.3 Å². The lowest BCUT2D eigenvalue weighted by atomic mass is 9.79. The van der Waals surface area contributed by atoms with Crippen LogP contribution in [0.5, 0.6) is 5.75 Å². The molecule has 8 heteroatoms. The molecule has 40 heavy (non-hydrogen) atoms. The third-order valence-corrected chi connectivity index (χ3v) is 10.5. The molecule has 1 aliphatic carbocycles. The first-order chi connectivity index (χ1) is 18.5. The molecule has 0 amide bonds. The van der Waals surface area contributed by atoms with Gasteiger partial charge in [0, 0.05) is 53.5 Å². The van der Waals surface area contributed by atoms with Crippen LogP contribution in [0.2, 0.25) is 0 Å². The summed E-state index contributed by atoms with van der Waals surface area (Å²) in [6.45, 7) is 18.4. The van der Waals surface area contributed by atoms with Gasteiger partial charge in [-0.15, -0.1) is 0 Å². The standard InChI is InChI=1S/C32H51N3O4S/c1-21-27(40(36,37)34-19-31(5,6)29(33)38-9)17-26(35(21)18-22-13-11-10-12-14-22)23-15-24(30(2,3)4)28-25(16-23)32(7,8)20-39-28/h15-17,22,29,34H,10-14,18-20,33H2,1-9H3. The van der Waals surface area contributed by atoms with E-state index in [0.717, 1.165) is 34.8 Å². The minimum Gasteiger partial charge on any atom is -0.492 e. The van der Waals surface area contributed by atoms with Crippen LogP contribution >= 0.6 is 0 Å². The summed E-state index contributed by atoms with van der Waals surface area (Å²) < 4.78 is 44.2. The Balaban J connectivity index is 1.84. The van der Waals surface area contributed by atoms with E-state index < -0.39 is 21.7 Å². The zero-order valence-electron chi connectivity index (χ0n) is 26.1. The first-order valence-electron chi connectivity index (χ1n) is 14.8. The van der Waals surface area contributed by atoms with Crippen LogP contribution in [0.4, 0.5) is 0 Å². The van der Waals surface area contributed by atoms with E-state index in [0.29, 0.717) is 17.4 Å². The van der Waals surface area contributed by atoms with Gasteiger partial charge < -0.3 is 19.8 Å². The summed E-state index contributed by atoms with van der Waals surface area (Å²) in [5.74, 6) is 1.52. The van der Waals surface area contributed by atoms with Gasteiger partial charge in [0.05, 0.1) is 6.61 Å². The molecule has 2 aromatic rings. The third-order valence-electron chi connectivity index (χ3n) is 9.02. The molecule has 0 saturated heterocycles. The van der Waals surface area contributed by atoms with E-state index in [-0.39, 0.29) is 17.4 Å². The molecular formula is C32H51N3O4S. The minimum absolute atomic E-state index is 0.122. The minimum atomic E-state index is -3.80. The second kappa shape index (κ2) is 11.1. The summed E-state index contributed by atoms with van der Waals surface area (Å²) in [4.78, 5) is 0.327. The van der Waals surface area contributed by atoms with Gasteiger partial charge in [0.15, 0.2) is 0 Å². The molecule has 1 aliphatic heterocycles. The molecule has 4 rings (SSSR count). The average molecular weight is 574 g/mol. The zero-order chi connectivity index (χ0) is 29.7. The molecular weight excluding hydrogens is 522 g/mol. The average Bonchev–Trinajstić information content (AvgIpc) is 3.38. The highest BCUT2D eigenvalue weighted by Gasteiger charge is 2.37. The highest BCUT2D eigenvalue weighted by molar-refractivity contribution is 7.89. The Labute approximate surface area is 242 Å². The number of hydrogen-bond acceptors (Lipinski definition) is 5. The molecule has 1 unspecified atom stereocenters. The number of hydrogen-bond donors (Lipinski definition) is 2. The number of nitrogens with one attached hydrogen (secondary N) is 1. The van der Waals surface area contributed by atoms with Crippen LogP contribution < -0.4 is 15.2 Å². The zero-order valence-corrected chi connectivity index (χ0v) is 26.9. The smallest absolute Gasteiger partial charge is 0.242 e. The number of ether oxygens (including phenoxy) is 2. The third kappa shape index (κ3) is 6.15. The molecule has 2 heterocycles. The van der Waals surface area contributed by atoms with Crippen LogP contribution in [0, 0.1) is 18.3 Å². The molecule has 3 N–H and O–H groups in total. The topological polar surface area (TPSA) is 95.6 Å². The van der Waals surface area contributed by atoms with Gasteiger partial charge in [0.2, 0.25) is 10.0 Å². The van der Waals surface area contributed by atoms with Gasteiger partial charge in [0.25, 0.3) is 0 Å². The fraction of sp³-hybridized carbons (Fsp3) is 0.688. The van der Waals surface area contributed by atoms with Gasteiger partial charge in [-0.3, -0.25) is 0 Å². The van der Waals surface area contributed by atoms with E-state index >= 15 is 0 Å². The van der Waals surface area contributed by atoms with E-state index in [9.17, 15) is 8.42 Å². The number of fused-ring (bicyclic) bond motifs is 1. The number of nitrogens with two attached hydrogens (primary N) is 1. The molecule has 1 aromatic heterocycles. The predicted octanol–water partition coefficient (Wildman–Crippen LogP) is 6.25. The highest BCUT2D eigenvalue weighted by Crippen LogP contribution is 2.47. The Morgan fingerprint density at radius 1 is 1.12 bits per heavy atom. The van der Waals surface area contributed by atoms with Crippen LogP contribution in [-0.2, 0) is 32.1 Å². The Morgan fingerprint density at radius 3 is 2.38 bits per heavy atom. The van der Waals surface area contributed by atoms with Crippen molar-refractivity contribution in [2.24, 2.45) is 17.1 Å². The van der Waals surface area contributed by atoms with Crippen molar-refractivity contribution >= 4 is 10.0 Å². The number of methoxy groups -OCH3 is 1. The molecule has 1 saturated carbocycles. The van der Waals surface area contributed by atoms with Crippen molar-refractivity contribution in [3.8, 4) is 17.0 Å². The van der Waals surface area contributed by atoms with Gasteiger partial charge in [-0.1, -0.05) is 67.7 Å². The second-order valence-corrected chi connectivity index (χ2v) is 16.1. The summed E-state index contributed by atoms with van der Waals surface area (Å²) in [6.07, 6.45) is 5.53. The Kier molecular flexibility index (Phi) is 8.61. The Hall–Kier alpha value is -1.87. The van der Waals surface area contributed by atoms with E-state index in [1.54, 1.807) is 0 Å². The van der Waals surface area contributed by atoms with Crippen LogP contribution in [0.3, 0.4) is 0 Å². The first-order valence-corrected chi connectivity index (χ1v) is 16.3.